The number of nitrogens with zero attached hydrogens (tertiary/aromatic N) is 1. The zero-order valence-corrected chi connectivity index (χ0v) is 11.4. The van der Waals surface area contributed by atoms with Gasteiger partial charge >= 0.3 is 0 Å². The van der Waals surface area contributed by atoms with Crippen LogP contribution in [0.5, 0.6) is 0 Å². The van der Waals surface area contributed by atoms with E-state index in [2.05, 4.69) is 0 Å². The third kappa shape index (κ3) is 2.95. The first kappa shape index (κ1) is 14.0. The highest BCUT2D eigenvalue weighted by Gasteiger charge is 2.29. The average Bonchev–Trinajstić information content (AvgIpc) is 2.41. The Hall–Kier alpha value is -1.42. The van der Waals surface area contributed by atoms with Crippen LogP contribution in [-0.2, 0) is 4.79 Å². The summed E-state index contributed by atoms with van der Waals surface area (Å²) in [5.41, 5.74) is 0.357. The lowest BCUT2D eigenvalue weighted by Gasteiger charge is -2.31. The van der Waals surface area contributed by atoms with E-state index >= 15 is 0 Å². The minimum absolute atomic E-state index is 0.0639. The van der Waals surface area contributed by atoms with Gasteiger partial charge in [0.1, 0.15) is 11.6 Å². The minimum Gasteiger partial charge on any atom is -0.337 e. The van der Waals surface area contributed by atoms with Crippen molar-refractivity contribution in [3.8, 4) is 0 Å². The fourth-order valence-electron chi connectivity index (χ4n) is 2.26. The second-order valence-electron chi connectivity index (χ2n) is 4.70. The van der Waals surface area contributed by atoms with Gasteiger partial charge in [0.2, 0.25) is 0 Å². The number of Topliss-reactive ketones (excluding diaryl/α,β-unsaturated/α-hetero) is 1. The molecule has 1 aromatic carbocycles. The van der Waals surface area contributed by atoms with E-state index in [0.29, 0.717) is 25.1 Å². The molecule has 0 spiro atoms. The van der Waals surface area contributed by atoms with Crippen LogP contribution < -0.4 is 0 Å². The van der Waals surface area contributed by atoms with Crippen LogP contribution in [0.3, 0.4) is 0 Å². The van der Waals surface area contributed by atoms with Crippen molar-refractivity contribution in [2.24, 2.45) is 5.92 Å². The SMILES string of the molecule is CCC1CN(C(=O)c2ccc(F)c(Cl)c2)CCC1=O. The van der Waals surface area contributed by atoms with Gasteiger partial charge in [0, 0.05) is 31.0 Å². The number of hydrogen-bond acceptors (Lipinski definition) is 2. The molecule has 1 atom stereocenters. The van der Waals surface area contributed by atoms with Crippen molar-refractivity contribution in [3.05, 3.63) is 34.6 Å². The van der Waals surface area contributed by atoms with Crippen LogP contribution in [0.1, 0.15) is 30.1 Å². The molecule has 1 saturated heterocycles. The van der Waals surface area contributed by atoms with Gasteiger partial charge in [0.15, 0.2) is 0 Å². The molecular formula is C14H15ClFNO2. The maximum atomic E-state index is 13.1. The van der Waals surface area contributed by atoms with Crippen LogP contribution in [0.4, 0.5) is 4.39 Å². The van der Waals surface area contributed by atoms with Gasteiger partial charge in [0.05, 0.1) is 5.02 Å². The number of carbonyl (C=O) groups excluding carboxylic acids is 2. The molecule has 0 saturated carbocycles. The maximum absolute atomic E-state index is 13.1. The molecule has 0 aromatic heterocycles. The van der Waals surface area contributed by atoms with E-state index in [9.17, 15) is 14.0 Å². The first-order valence-electron chi connectivity index (χ1n) is 6.30. The summed E-state index contributed by atoms with van der Waals surface area (Å²) in [5.74, 6) is -0.622. The molecule has 0 radical (unpaired) electrons. The van der Waals surface area contributed by atoms with Crippen molar-refractivity contribution in [1.29, 1.82) is 0 Å². The summed E-state index contributed by atoms with van der Waals surface area (Å²) in [6.07, 6.45) is 1.12. The zero-order valence-electron chi connectivity index (χ0n) is 10.7. The second kappa shape index (κ2) is 5.70. The van der Waals surface area contributed by atoms with E-state index in [1.165, 1.54) is 18.2 Å². The van der Waals surface area contributed by atoms with Crippen LogP contribution in [0.15, 0.2) is 18.2 Å². The van der Waals surface area contributed by atoms with Crippen LogP contribution in [0.2, 0.25) is 5.02 Å². The van der Waals surface area contributed by atoms with E-state index in [1.807, 2.05) is 6.92 Å². The Labute approximate surface area is 116 Å². The molecule has 1 unspecified atom stereocenters. The molecule has 2 rings (SSSR count). The van der Waals surface area contributed by atoms with Crippen molar-refractivity contribution in [2.75, 3.05) is 13.1 Å². The topological polar surface area (TPSA) is 37.4 Å². The molecule has 0 bridgehead atoms. The van der Waals surface area contributed by atoms with Gasteiger partial charge in [0.25, 0.3) is 5.91 Å². The number of rotatable bonds is 2. The van der Waals surface area contributed by atoms with Crippen LogP contribution in [0.25, 0.3) is 0 Å². The third-order valence-corrected chi connectivity index (χ3v) is 3.76. The minimum atomic E-state index is -0.543. The Kier molecular flexibility index (Phi) is 4.20. The number of carbonyl (C=O) groups is 2. The number of ketones is 1. The lowest BCUT2D eigenvalue weighted by molar-refractivity contribution is -0.125. The van der Waals surface area contributed by atoms with Gasteiger partial charge in [-0.2, -0.15) is 0 Å². The highest BCUT2D eigenvalue weighted by molar-refractivity contribution is 6.31. The molecule has 1 amide bonds. The Morgan fingerprint density at radius 2 is 2.26 bits per heavy atom. The van der Waals surface area contributed by atoms with Gasteiger partial charge in [-0.1, -0.05) is 18.5 Å². The predicted octanol–water partition coefficient (Wildman–Crippen LogP) is 2.92. The first-order valence-corrected chi connectivity index (χ1v) is 6.67. The van der Waals surface area contributed by atoms with Crippen molar-refractivity contribution < 1.29 is 14.0 Å². The number of piperidine rings is 1. The molecule has 102 valence electrons. The standard InChI is InChI=1S/C14H15ClFNO2/c1-2-9-8-17(6-5-13(9)18)14(19)10-3-4-12(16)11(15)7-10/h3-4,7,9H,2,5-6,8H2,1H3. The zero-order chi connectivity index (χ0) is 14.0. The molecule has 5 heteroatoms. The summed E-state index contributed by atoms with van der Waals surface area (Å²) in [7, 11) is 0. The van der Waals surface area contributed by atoms with Crippen molar-refractivity contribution in [1.82, 2.24) is 4.90 Å². The summed E-state index contributed by atoms with van der Waals surface area (Å²) in [4.78, 5) is 25.5. The normalized spacial score (nSPS) is 19.6. The van der Waals surface area contributed by atoms with Gasteiger partial charge in [-0.05, 0) is 24.6 Å². The van der Waals surface area contributed by atoms with Crippen molar-refractivity contribution in [2.45, 2.75) is 19.8 Å². The lowest BCUT2D eigenvalue weighted by Crippen LogP contribution is -2.43. The fraction of sp³-hybridized carbons (Fsp3) is 0.429. The quantitative estimate of drug-likeness (QED) is 0.837. The number of halogens is 2. The second-order valence-corrected chi connectivity index (χ2v) is 5.11. The molecule has 19 heavy (non-hydrogen) atoms. The van der Waals surface area contributed by atoms with E-state index in [-0.39, 0.29) is 22.6 Å². The first-order chi connectivity index (χ1) is 9.02. The predicted molar refractivity (Wildman–Crippen MR) is 70.7 cm³/mol. The Bertz CT molecular complexity index is 518. The fourth-order valence-corrected chi connectivity index (χ4v) is 2.44. The molecule has 1 aromatic rings. The Balaban J connectivity index is 2.15. The van der Waals surface area contributed by atoms with Gasteiger partial charge in [-0.25, -0.2) is 4.39 Å². The van der Waals surface area contributed by atoms with E-state index < -0.39 is 5.82 Å². The molecule has 0 aliphatic carbocycles. The molecule has 3 nitrogen and oxygen atoms in total. The average molecular weight is 284 g/mol. The molecule has 1 heterocycles. The van der Waals surface area contributed by atoms with Crippen molar-refractivity contribution >= 4 is 23.3 Å². The van der Waals surface area contributed by atoms with E-state index in [1.54, 1.807) is 4.90 Å². The van der Waals surface area contributed by atoms with Crippen LogP contribution in [0, 0.1) is 11.7 Å². The third-order valence-electron chi connectivity index (χ3n) is 3.47. The molecule has 1 aliphatic rings. The maximum Gasteiger partial charge on any atom is 0.253 e. The molecule has 1 fully saturated rings. The summed E-state index contributed by atoms with van der Waals surface area (Å²) >= 11 is 5.68. The van der Waals surface area contributed by atoms with Crippen LogP contribution in [-0.4, -0.2) is 29.7 Å². The number of benzene rings is 1. The van der Waals surface area contributed by atoms with Crippen molar-refractivity contribution in [3.63, 3.8) is 0 Å². The Morgan fingerprint density at radius 3 is 2.89 bits per heavy atom. The molecule has 0 N–H and O–H groups in total. The van der Waals surface area contributed by atoms with E-state index in [4.69, 9.17) is 11.6 Å². The Morgan fingerprint density at radius 1 is 1.53 bits per heavy atom. The summed E-state index contributed by atoms with van der Waals surface area (Å²) in [6, 6.07) is 3.93. The number of hydrogen-bond donors (Lipinski definition) is 0. The summed E-state index contributed by atoms with van der Waals surface area (Å²) in [6.45, 7) is 2.79. The van der Waals surface area contributed by atoms with Crippen LogP contribution >= 0.6 is 11.6 Å². The largest absolute Gasteiger partial charge is 0.337 e. The summed E-state index contributed by atoms with van der Waals surface area (Å²) in [5, 5.41) is -0.0639. The van der Waals surface area contributed by atoms with Gasteiger partial charge in [-0.15, -0.1) is 0 Å². The lowest BCUT2D eigenvalue weighted by atomic mass is 9.93. The molecule has 1 aliphatic heterocycles. The molecular weight excluding hydrogens is 269 g/mol. The summed E-state index contributed by atoms with van der Waals surface area (Å²) < 4.78 is 13.1. The van der Waals surface area contributed by atoms with E-state index in [0.717, 1.165) is 6.42 Å². The number of amides is 1. The highest BCUT2D eigenvalue weighted by atomic mass is 35.5. The smallest absolute Gasteiger partial charge is 0.253 e. The van der Waals surface area contributed by atoms with Gasteiger partial charge < -0.3 is 4.90 Å². The number of likely N-dealkylation sites (tertiary alicyclic amines) is 1. The monoisotopic (exact) mass is 283 g/mol. The van der Waals surface area contributed by atoms with Gasteiger partial charge in [-0.3, -0.25) is 9.59 Å². The highest BCUT2D eigenvalue weighted by Crippen LogP contribution is 2.21.